The van der Waals surface area contributed by atoms with Crippen LogP contribution in [0.25, 0.3) is 10.9 Å². The summed E-state index contributed by atoms with van der Waals surface area (Å²) in [5, 5.41) is 0.936. The molecule has 2 atom stereocenters. The molecular weight excluding hydrogens is 277 g/mol. The molecule has 4 heteroatoms. The van der Waals surface area contributed by atoms with Gasteiger partial charge in [-0.05, 0) is 45.4 Å². The zero-order chi connectivity index (χ0) is 15.3. The minimum absolute atomic E-state index is 0.226. The molecule has 0 radical (unpaired) electrons. The smallest absolute Gasteiger partial charge is 0.149 e. The van der Waals surface area contributed by atoms with E-state index in [2.05, 4.69) is 27.9 Å². The third kappa shape index (κ3) is 2.17. The molecule has 0 saturated carbocycles. The van der Waals surface area contributed by atoms with Gasteiger partial charge in [-0.15, -0.1) is 0 Å². The summed E-state index contributed by atoms with van der Waals surface area (Å²) in [6, 6.07) is 8.71. The predicted octanol–water partition coefficient (Wildman–Crippen LogP) is 3.36. The summed E-state index contributed by atoms with van der Waals surface area (Å²) < 4.78 is 14.1. The third-order valence-electron chi connectivity index (χ3n) is 5.39. The molecule has 3 nitrogen and oxygen atoms in total. The number of aryl methyl sites for hydroxylation is 1. The van der Waals surface area contributed by atoms with Gasteiger partial charge in [0.2, 0.25) is 0 Å². The first-order valence-corrected chi connectivity index (χ1v) is 8.16. The Morgan fingerprint density at radius 3 is 2.86 bits per heavy atom. The number of nitrogens with zero attached hydrogens (tertiary/aromatic N) is 3. The standard InChI is InChI=1S/C18H22FN3/c1-12-10-17(15-4-3-5-16(19)18(15)20-12)22-9-8-13-6-7-14(11-22)21(13)2/h3-5,10,13-14H,6-9,11H2,1-2H3. The minimum atomic E-state index is -0.226. The van der Waals surface area contributed by atoms with Crippen LogP contribution in [0.2, 0.25) is 0 Å². The Morgan fingerprint density at radius 1 is 1.18 bits per heavy atom. The van der Waals surface area contributed by atoms with Crippen molar-refractivity contribution in [2.75, 3.05) is 25.0 Å². The second-order valence-electron chi connectivity index (χ2n) is 6.70. The van der Waals surface area contributed by atoms with E-state index in [9.17, 15) is 4.39 Å². The van der Waals surface area contributed by atoms with Crippen molar-refractivity contribution in [3.05, 3.63) is 35.8 Å². The number of halogens is 1. The van der Waals surface area contributed by atoms with Gasteiger partial charge in [0.15, 0.2) is 0 Å². The van der Waals surface area contributed by atoms with Crippen molar-refractivity contribution in [1.29, 1.82) is 0 Å². The van der Waals surface area contributed by atoms with Crippen molar-refractivity contribution in [2.45, 2.75) is 38.3 Å². The van der Waals surface area contributed by atoms with Crippen molar-refractivity contribution in [1.82, 2.24) is 9.88 Å². The molecule has 2 aromatic rings. The second-order valence-corrected chi connectivity index (χ2v) is 6.70. The number of hydrogen-bond donors (Lipinski definition) is 0. The molecule has 0 N–H and O–H groups in total. The van der Waals surface area contributed by atoms with E-state index in [1.54, 1.807) is 6.07 Å². The maximum absolute atomic E-state index is 14.1. The average Bonchev–Trinajstić information content (AvgIpc) is 2.73. The molecule has 0 spiro atoms. The van der Waals surface area contributed by atoms with E-state index < -0.39 is 0 Å². The molecule has 116 valence electrons. The fourth-order valence-electron chi connectivity index (χ4n) is 4.11. The molecule has 4 rings (SSSR count). The van der Waals surface area contributed by atoms with Crippen LogP contribution in [0.1, 0.15) is 25.0 Å². The van der Waals surface area contributed by atoms with Crippen LogP contribution >= 0.6 is 0 Å². The van der Waals surface area contributed by atoms with Gasteiger partial charge in [-0.25, -0.2) is 9.37 Å². The summed E-state index contributed by atoms with van der Waals surface area (Å²) in [5.74, 6) is -0.226. The maximum Gasteiger partial charge on any atom is 0.149 e. The molecule has 0 amide bonds. The Kier molecular flexibility index (Phi) is 3.30. The molecule has 2 unspecified atom stereocenters. The lowest BCUT2D eigenvalue weighted by atomic mass is 10.1. The first-order chi connectivity index (χ1) is 10.6. The van der Waals surface area contributed by atoms with Crippen LogP contribution in [0.15, 0.2) is 24.3 Å². The fourth-order valence-corrected chi connectivity index (χ4v) is 4.11. The van der Waals surface area contributed by atoms with Crippen LogP contribution < -0.4 is 4.90 Å². The van der Waals surface area contributed by atoms with E-state index in [1.807, 2.05) is 13.0 Å². The molecule has 3 heterocycles. The molecule has 22 heavy (non-hydrogen) atoms. The summed E-state index contributed by atoms with van der Waals surface area (Å²) in [6.07, 6.45) is 3.78. The SMILES string of the molecule is Cc1cc(N2CCC3CCC(C2)N3C)c2cccc(F)c2n1. The Labute approximate surface area is 130 Å². The highest BCUT2D eigenvalue weighted by Crippen LogP contribution is 2.34. The topological polar surface area (TPSA) is 19.4 Å². The first-order valence-electron chi connectivity index (χ1n) is 8.16. The first kappa shape index (κ1) is 13.9. The van der Waals surface area contributed by atoms with E-state index in [-0.39, 0.29) is 5.82 Å². The Bertz CT molecular complexity index is 715. The fraction of sp³-hybridized carbons (Fsp3) is 0.500. The van der Waals surface area contributed by atoms with Crippen LogP contribution in [0.5, 0.6) is 0 Å². The second kappa shape index (κ2) is 5.20. The maximum atomic E-state index is 14.1. The number of benzene rings is 1. The number of hydrogen-bond acceptors (Lipinski definition) is 3. The summed E-state index contributed by atoms with van der Waals surface area (Å²) >= 11 is 0. The van der Waals surface area contributed by atoms with Crippen molar-refractivity contribution in [3.8, 4) is 0 Å². The highest BCUT2D eigenvalue weighted by molar-refractivity contribution is 5.92. The van der Waals surface area contributed by atoms with Crippen molar-refractivity contribution in [3.63, 3.8) is 0 Å². The average molecular weight is 299 g/mol. The number of fused-ring (bicyclic) bond motifs is 3. The normalized spacial score (nSPS) is 25.7. The number of anilines is 1. The lowest BCUT2D eigenvalue weighted by Crippen LogP contribution is -2.36. The van der Waals surface area contributed by atoms with E-state index in [1.165, 1.54) is 25.3 Å². The number of likely N-dealkylation sites (N-methyl/N-ethyl adjacent to an activating group) is 1. The Hall–Kier alpha value is -1.68. The van der Waals surface area contributed by atoms with Gasteiger partial charge in [0.05, 0.1) is 0 Å². The number of aromatic nitrogens is 1. The van der Waals surface area contributed by atoms with Crippen LogP contribution in [0.3, 0.4) is 0 Å². The molecule has 0 aliphatic carbocycles. The van der Waals surface area contributed by atoms with Gasteiger partial charge in [-0.2, -0.15) is 0 Å². The largest absolute Gasteiger partial charge is 0.369 e. The summed E-state index contributed by atoms with van der Waals surface area (Å²) in [6.45, 7) is 4.02. The van der Waals surface area contributed by atoms with Crippen molar-refractivity contribution >= 4 is 16.6 Å². The quantitative estimate of drug-likeness (QED) is 0.805. The predicted molar refractivity (Wildman–Crippen MR) is 87.8 cm³/mol. The highest BCUT2D eigenvalue weighted by atomic mass is 19.1. The van der Waals surface area contributed by atoms with Crippen molar-refractivity contribution < 1.29 is 4.39 Å². The number of pyridine rings is 1. The summed E-state index contributed by atoms with van der Waals surface area (Å²) in [4.78, 5) is 9.38. The molecule has 2 bridgehead atoms. The van der Waals surface area contributed by atoms with Gasteiger partial charge in [-0.1, -0.05) is 12.1 Å². The lowest BCUT2D eigenvalue weighted by molar-refractivity contribution is 0.254. The van der Waals surface area contributed by atoms with E-state index in [0.29, 0.717) is 17.6 Å². The third-order valence-corrected chi connectivity index (χ3v) is 5.39. The van der Waals surface area contributed by atoms with Gasteiger partial charge >= 0.3 is 0 Å². The Morgan fingerprint density at radius 2 is 2.00 bits per heavy atom. The van der Waals surface area contributed by atoms with Crippen LogP contribution in [0.4, 0.5) is 10.1 Å². The molecule has 2 fully saturated rings. The zero-order valence-corrected chi connectivity index (χ0v) is 13.2. The monoisotopic (exact) mass is 299 g/mol. The van der Waals surface area contributed by atoms with Gasteiger partial charge in [-0.3, -0.25) is 4.90 Å². The molecule has 2 aliphatic heterocycles. The lowest BCUT2D eigenvalue weighted by Gasteiger charge is -2.28. The van der Waals surface area contributed by atoms with Gasteiger partial charge in [0.1, 0.15) is 11.3 Å². The Balaban J connectivity index is 1.79. The molecule has 1 aromatic carbocycles. The number of rotatable bonds is 1. The van der Waals surface area contributed by atoms with E-state index >= 15 is 0 Å². The van der Waals surface area contributed by atoms with Crippen LogP contribution in [-0.2, 0) is 0 Å². The highest BCUT2D eigenvalue weighted by Gasteiger charge is 2.35. The van der Waals surface area contributed by atoms with Crippen molar-refractivity contribution in [2.24, 2.45) is 0 Å². The van der Waals surface area contributed by atoms with Crippen LogP contribution in [0, 0.1) is 12.7 Å². The van der Waals surface area contributed by atoms with E-state index in [4.69, 9.17) is 0 Å². The number of para-hydroxylation sites is 1. The minimum Gasteiger partial charge on any atom is -0.369 e. The molecule has 2 saturated heterocycles. The van der Waals surface area contributed by atoms with E-state index in [0.717, 1.165) is 29.9 Å². The van der Waals surface area contributed by atoms with Crippen LogP contribution in [-0.4, -0.2) is 42.1 Å². The van der Waals surface area contributed by atoms with Gasteiger partial charge in [0, 0.05) is 41.9 Å². The van der Waals surface area contributed by atoms with Gasteiger partial charge < -0.3 is 4.90 Å². The molecular formula is C18H22FN3. The van der Waals surface area contributed by atoms with Gasteiger partial charge in [0.25, 0.3) is 0 Å². The molecule has 2 aliphatic rings. The summed E-state index contributed by atoms with van der Waals surface area (Å²) in [7, 11) is 2.25. The zero-order valence-electron chi connectivity index (χ0n) is 13.2. The molecule has 1 aromatic heterocycles. The summed E-state index contributed by atoms with van der Waals surface area (Å²) in [5.41, 5.74) is 2.53.